The van der Waals surface area contributed by atoms with Crippen LogP contribution in [0.3, 0.4) is 0 Å². The number of amides is 2. The van der Waals surface area contributed by atoms with E-state index in [-0.39, 0.29) is 6.03 Å². The predicted molar refractivity (Wildman–Crippen MR) is 85.0 cm³/mol. The van der Waals surface area contributed by atoms with Crippen LogP contribution in [0.4, 0.5) is 4.79 Å². The minimum atomic E-state index is -0.401. The normalized spacial score (nSPS) is 10.5. The molecule has 22 heavy (non-hydrogen) atoms. The number of carbonyl (C=O) groups is 1. The lowest BCUT2D eigenvalue weighted by molar-refractivity contribution is -0.131. The Kier molecular flexibility index (Phi) is 9.81. The van der Waals surface area contributed by atoms with E-state index in [2.05, 4.69) is 10.6 Å². The number of benzene rings is 1. The number of ether oxygens (including phenoxy) is 3. The van der Waals surface area contributed by atoms with E-state index >= 15 is 0 Å². The Labute approximate surface area is 132 Å². The Morgan fingerprint density at radius 3 is 2.41 bits per heavy atom. The highest BCUT2D eigenvalue weighted by molar-refractivity contribution is 5.73. The van der Waals surface area contributed by atoms with Crippen LogP contribution in [0, 0.1) is 0 Å². The van der Waals surface area contributed by atoms with E-state index in [1.54, 1.807) is 0 Å². The monoisotopic (exact) mass is 310 g/mol. The average molecular weight is 310 g/mol. The van der Waals surface area contributed by atoms with Gasteiger partial charge in [-0.3, -0.25) is 0 Å². The Bertz CT molecular complexity index is 394. The maximum absolute atomic E-state index is 11.6. The Morgan fingerprint density at radius 2 is 1.77 bits per heavy atom. The largest absolute Gasteiger partial charge is 0.494 e. The van der Waals surface area contributed by atoms with E-state index in [9.17, 15) is 4.79 Å². The SMILES string of the molecule is CCOC(CNC(=O)NCCCOc1ccccc1)OCC. The number of para-hydroxylation sites is 1. The predicted octanol–water partition coefficient (Wildman–Crippen LogP) is 2.15. The molecule has 0 fully saturated rings. The van der Waals surface area contributed by atoms with Crippen molar-refractivity contribution in [2.75, 3.05) is 32.9 Å². The summed E-state index contributed by atoms with van der Waals surface area (Å²) in [6, 6.07) is 9.37. The van der Waals surface area contributed by atoms with Crippen molar-refractivity contribution < 1.29 is 19.0 Å². The maximum Gasteiger partial charge on any atom is 0.314 e. The van der Waals surface area contributed by atoms with Gasteiger partial charge in [0, 0.05) is 19.8 Å². The van der Waals surface area contributed by atoms with Crippen LogP contribution in [-0.2, 0) is 9.47 Å². The van der Waals surface area contributed by atoms with Gasteiger partial charge in [0.05, 0.1) is 13.2 Å². The van der Waals surface area contributed by atoms with Gasteiger partial charge >= 0.3 is 6.03 Å². The summed E-state index contributed by atoms with van der Waals surface area (Å²) in [5.41, 5.74) is 0. The molecule has 1 aromatic rings. The van der Waals surface area contributed by atoms with Gasteiger partial charge in [-0.1, -0.05) is 18.2 Å². The van der Waals surface area contributed by atoms with Gasteiger partial charge in [-0.15, -0.1) is 0 Å². The lowest BCUT2D eigenvalue weighted by atomic mass is 10.3. The summed E-state index contributed by atoms with van der Waals surface area (Å²) in [7, 11) is 0. The molecule has 0 aromatic heterocycles. The summed E-state index contributed by atoms with van der Waals surface area (Å²) in [5, 5.41) is 5.49. The highest BCUT2D eigenvalue weighted by Gasteiger charge is 2.09. The van der Waals surface area contributed by atoms with Gasteiger partial charge < -0.3 is 24.8 Å². The fourth-order valence-electron chi connectivity index (χ4n) is 1.76. The molecule has 0 atom stereocenters. The molecule has 0 bridgehead atoms. The highest BCUT2D eigenvalue weighted by atomic mass is 16.7. The molecule has 0 saturated carbocycles. The quantitative estimate of drug-likeness (QED) is 0.485. The molecule has 0 aliphatic carbocycles. The third kappa shape index (κ3) is 8.49. The summed E-state index contributed by atoms with van der Waals surface area (Å²) < 4.78 is 16.2. The van der Waals surface area contributed by atoms with Crippen LogP contribution in [-0.4, -0.2) is 45.2 Å². The van der Waals surface area contributed by atoms with Crippen molar-refractivity contribution in [1.29, 1.82) is 0 Å². The zero-order valence-corrected chi connectivity index (χ0v) is 13.3. The topological polar surface area (TPSA) is 68.8 Å². The van der Waals surface area contributed by atoms with Gasteiger partial charge in [0.15, 0.2) is 6.29 Å². The first-order valence-electron chi connectivity index (χ1n) is 7.69. The molecular formula is C16H26N2O4. The van der Waals surface area contributed by atoms with E-state index < -0.39 is 6.29 Å². The van der Waals surface area contributed by atoms with E-state index in [4.69, 9.17) is 14.2 Å². The Hall–Kier alpha value is -1.79. The fraction of sp³-hybridized carbons (Fsp3) is 0.562. The molecule has 1 rings (SSSR count). The van der Waals surface area contributed by atoms with E-state index in [1.807, 2.05) is 44.2 Å². The molecule has 0 radical (unpaired) electrons. The van der Waals surface area contributed by atoms with Gasteiger partial charge in [0.1, 0.15) is 5.75 Å². The number of hydrogen-bond acceptors (Lipinski definition) is 4. The van der Waals surface area contributed by atoms with Crippen molar-refractivity contribution in [3.8, 4) is 5.75 Å². The van der Waals surface area contributed by atoms with Crippen molar-refractivity contribution in [2.45, 2.75) is 26.6 Å². The van der Waals surface area contributed by atoms with Gasteiger partial charge in [-0.25, -0.2) is 4.79 Å². The second-order valence-electron chi connectivity index (χ2n) is 4.49. The third-order valence-corrected chi connectivity index (χ3v) is 2.75. The van der Waals surface area contributed by atoms with Crippen LogP contribution < -0.4 is 15.4 Å². The highest BCUT2D eigenvalue weighted by Crippen LogP contribution is 2.07. The first-order chi connectivity index (χ1) is 10.8. The second-order valence-corrected chi connectivity index (χ2v) is 4.49. The smallest absolute Gasteiger partial charge is 0.314 e. The van der Waals surface area contributed by atoms with Crippen LogP contribution in [0.2, 0.25) is 0 Å². The summed E-state index contributed by atoms with van der Waals surface area (Å²) in [5.74, 6) is 0.836. The first-order valence-corrected chi connectivity index (χ1v) is 7.69. The minimum Gasteiger partial charge on any atom is -0.494 e. The van der Waals surface area contributed by atoms with Crippen molar-refractivity contribution in [2.24, 2.45) is 0 Å². The zero-order chi connectivity index (χ0) is 16.0. The van der Waals surface area contributed by atoms with E-state index in [1.165, 1.54) is 0 Å². The molecule has 0 heterocycles. The molecule has 2 N–H and O–H groups in total. The molecule has 0 aliphatic heterocycles. The lowest BCUT2D eigenvalue weighted by Crippen LogP contribution is -2.41. The average Bonchev–Trinajstić information content (AvgIpc) is 2.54. The first kappa shape index (κ1) is 18.3. The minimum absolute atomic E-state index is 0.232. The molecule has 0 spiro atoms. The maximum atomic E-state index is 11.6. The number of hydrogen-bond donors (Lipinski definition) is 2. The summed E-state index contributed by atoms with van der Waals surface area (Å²) in [6.45, 7) is 6.30. The summed E-state index contributed by atoms with van der Waals surface area (Å²) in [6.07, 6.45) is 0.338. The van der Waals surface area contributed by atoms with Crippen LogP contribution in [0.15, 0.2) is 30.3 Å². The molecule has 0 aliphatic rings. The molecule has 6 nitrogen and oxygen atoms in total. The van der Waals surface area contributed by atoms with Crippen molar-refractivity contribution >= 4 is 6.03 Å². The van der Waals surface area contributed by atoms with Crippen molar-refractivity contribution in [3.05, 3.63) is 30.3 Å². The molecule has 0 saturated heterocycles. The van der Waals surface area contributed by atoms with Crippen LogP contribution >= 0.6 is 0 Å². The standard InChI is InChI=1S/C16H26N2O4/c1-3-20-15(21-4-2)13-18-16(19)17-11-8-12-22-14-9-6-5-7-10-14/h5-7,9-10,15H,3-4,8,11-13H2,1-2H3,(H2,17,18,19). The number of rotatable bonds is 11. The van der Waals surface area contributed by atoms with Gasteiger partial charge in [0.25, 0.3) is 0 Å². The third-order valence-electron chi connectivity index (χ3n) is 2.75. The van der Waals surface area contributed by atoms with Crippen molar-refractivity contribution in [3.63, 3.8) is 0 Å². The molecule has 1 aromatic carbocycles. The Balaban J connectivity index is 2.05. The molecule has 6 heteroatoms. The van der Waals surface area contributed by atoms with Gasteiger partial charge in [-0.05, 0) is 32.4 Å². The van der Waals surface area contributed by atoms with Crippen LogP contribution in [0.5, 0.6) is 5.75 Å². The number of carbonyl (C=O) groups excluding carboxylic acids is 1. The number of urea groups is 1. The van der Waals surface area contributed by atoms with E-state index in [0.717, 1.165) is 12.2 Å². The van der Waals surface area contributed by atoms with Crippen LogP contribution in [0.25, 0.3) is 0 Å². The molecule has 0 unspecified atom stereocenters. The lowest BCUT2D eigenvalue weighted by Gasteiger charge is -2.17. The van der Waals surface area contributed by atoms with Gasteiger partial charge in [-0.2, -0.15) is 0 Å². The van der Waals surface area contributed by atoms with E-state index in [0.29, 0.717) is 32.9 Å². The van der Waals surface area contributed by atoms with Crippen LogP contribution in [0.1, 0.15) is 20.3 Å². The van der Waals surface area contributed by atoms with Gasteiger partial charge in [0.2, 0.25) is 0 Å². The molecule has 124 valence electrons. The van der Waals surface area contributed by atoms with Crippen molar-refractivity contribution in [1.82, 2.24) is 10.6 Å². The summed E-state index contributed by atoms with van der Waals surface area (Å²) >= 11 is 0. The Morgan fingerprint density at radius 1 is 1.09 bits per heavy atom. The second kappa shape index (κ2) is 11.8. The fourth-order valence-corrected chi connectivity index (χ4v) is 1.76. The molecular weight excluding hydrogens is 284 g/mol. The molecule has 2 amide bonds. The number of nitrogens with one attached hydrogen (secondary N) is 2. The summed E-state index contributed by atoms with van der Waals surface area (Å²) in [4.78, 5) is 11.6. The zero-order valence-electron chi connectivity index (χ0n) is 13.3.